The van der Waals surface area contributed by atoms with Crippen molar-refractivity contribution in [3.05, 3.63) is 23.8 Å². The van der Waals surface area contributed by atoms with E-state index in [1.165, 1.54) is 11.8 Å². The van der Waals surface area contributed by atoms with E-state index in [0.717, 1.165) is 16.1 Å². The van der Waals surface area contributed by atoms with Gasteiger partial charge in [-0.2, -0.15) is 0 Å². The van der Waals surface area contributed by atoms with Crippen molar-refractivity contribution in [2.24, 2.45) is 0 Å². The van der Waals surface area contributed by atoms with Gasteiger partial charge in [-0.05, 0) is 25.5 Å². The SMILES string of the molecule is C#CCNC(=O)C(C)Sc1cccc(C)c1N. The lowest BCUT2D eigenvalue weighted by molar-refractivity contribution is -0.120. The summed E-state index contributed by atoms with van der Waals surface area (Å²) in [5.74, 6) is 2.30. The van der Waals surface area contributed by atoms with Gasteiger partial charge in [-0.3, -0.25) is 4.79 Å². The number of nitrogens with two attached hydrogens (primary N) is 1. The molecule has 0 spiro atoms. The van der Waals surface area contributed by atoms with Crippen LogP contribution in [0.25, 0.3) is 0 Å². The molecule has 0 saturated heterocycles. The van der Waals surface area contributed by atoms with Gasteiger partial charge >= 0.3 is 0 Å². The molecule has 1 aromatic carbocycles. The van der Waals surface area contributed by atoms with Crippen LogP contribution in [0, 0.1) is 19.3 Å². The maximum atomic E-state index is 11.6. The Morgan fingerprint density at radius 3 is 3.00 bits per heavy atom. The maximum Gasteiger partial charge on any atom is 0.233 e. The molecule has 3 nitrogen and oxygen atoms in total. The molecule has 0 bridgehead atoms. The molecule has 3 N–H and O–H groups in total. The molecule has 0 aromatic heterocycles. The molecule has 0 aliphatic heterocycles. The average Bonchev–Trinajstić information content (AvgIpc) is 2.31. The zero-order valence-electron chi connectivity index (χ0n) is 9.99. The molecular weight excluding hydrogens is 232 g/mol. The van der Waals surface area contributed by atoms with Crippen LogP contribution in [0.5, 0.6) is 0 Å². The van der Waals surface area contributed by atoms with Crippen molar-refractivity contribution in [2.45, 2.75) is 24.0 Å². The fraction of sp³-hybridized carbons (Fsp3) is 0.308. The Hall–Kier alpha value is -1.60. The molecule has 1 aromatic rings. The number of anilines is 1. The van der Waals surface area contributed by atoms with Crippen LogP contribution >= 0.6 is 11.8 Å². The number of carbonyl (C=O) groups is 1. The zero-order chi connectivity index (χ0) is 12.8. The number of terminal acetylenes is 1. The largest absolute Gasteiger partial charge is 0.398 e. The molecule has 0 aliphatic carbocycles. The van der Waals surface area contributed by atoms with E-state index in [4.69, 9.17) is 12.2 Å². The van der Waals surface area contributed by atoms with Gasteiger partial charge in [-0.1, -0.05) is 18.1 Å². The molecule has 1 rings (SSSR count). The Bertz CT molecular complexity index is 451. The van der Waals surface area contributed by atoms with Crippen molar-refractivity contribution >= 4 is 23.4 Å². The summed E-state index contributed by atoms with van der Waals surface area (Å²) in [6, 6.07) is 5.79. The molecular formula is C13H16N2OS. The highest BCUT2D eigenvalue weighted by molar-refractivity contribution is 8.00. The van der Waals surface area contributed by atoms with E-state index >= 15 is 0 Å². The Morgan fingerprint density at radius 2 is 2.35 bits per heavy atom. The summed E-state index contributed by atoms with van der Waals surface area (Å²) in [5, 5.41) is 2.43. The fourth-order valence-corrected chi connectivity index (χ4v) is 2.30. The number of thioether (sulfide) groups is 1. The molecule has 1 atom stereocenters. The lowest BCUT2D eigenvalue weighted by Gasteiger charge is -2.13. The van der Waals surface area contributed by atoms with Gasteiger partial charge in [-0.25, -0.2) is 0 Å². The second-order valence-electron chi connectivity index (χ2n) is 3.67. The summed E-state index contributed by atoms with van der Waals surface area (Å²) in [5.41, 5.74) is 7.70. The van der Waals surface area contributed by atoms with Crippen LogP contribution in [0.3, 0.4) is 0 Å². The van der Waals surface area contributed by atoms with E-state index in [0.29, 0.717) is 0 Å². The van der Waals surface area contributed by atoms with Crippen molar-refractivity contribution in [1.29, 1.82) is 0 Å². The highest BCUT2D eigenvalue weighted by atomic mass is 32.2. The van der Waals surface area contributed by atoms with Gasteiger partial charge in [0.2, 0.25) is 5.91 Å². The summed E-state index contributed by atoms with van der Waals surface area (Å²) in [6.45, 7) is 4.04. The molecule has 1 unspecified atom stereocenters. The van der Waals surface area contributed by atoms with E-state index in [9.17, 15) is 4.79 Å². The summed E-state index contributed by atoms with van der Waals surface area (Å²) in [4.78, 5) is 12.6. The van der Waals surface area contributed by atoms with Gasteiger partial charge in [0.1, 0.15) is 0 Å². The van der Waals surface area contributed by atoms with Crippen LogP contribution in [0.15, 0.2) is 23.1 Å². The van der Waals surface area contributed by atoms with Gasteiger partial charge in [0.05, 0.1) is 11.8 Å². The quantitative estimate of drug-likeness (QED) is 0.485. The standard InChI is InChI=1S/C13H16N2OS/c1-4-8-15-13(16)10(3)17-11-7-5-6-9(2)12(11)14/h1,5-7,10H,8,14H2,2-3H3,(H,15,16). The Balaban J connectivity index is 2.68. The topological polar surface area (TPSA) is 55.1 Å². The first-order chi connectivity index (χ1) is 8.06. The van der Waals surface area contributed by atoms with E-state index < -0.39 is 0 Å². The number of nitrogens with one attached hydrogen (secondary N) is 1. The minimum atomic E-state index is -0.215. The highest BCUT2D eigenvalue weighted by Crippen LogP contribution is 2.30. The minimum absolute atomic E-state index is 0.0751. The van der Waals surface area contributed by atoms with Crippen molar-refractivity contribution in [3.63, 3.8) is 0 Å². The molecule has 0 saturated carbocycles. The summed E-state index contributed by atoms with van der Waals surface area (Å²) >= 11 is 1.44. The second kappa shape index (κ2) is 6.21. The average molecular weight is 248 g/mol. The maximum absolute atomic E-state index is 11.6. The van der Waals surface area contributed by atoms with Gasteiger partial charge in [0.15, 0.2) is 0 Å². The first kappa shape index (κ1) is 13.5. The molecule has 0 fully saturated rings. The molecule has 0 radical (unpaired) electrons. The number of nitrogen functional groups attached to an aromatic ring is 1. The lowest BCUT2D eigenvalue weighted by Crippen LogP contribution is -2.31. The van der Waals surface area contributed by atoms with Crippen LogP contribution in [0.2, 0.25) is 0 Å². The van der Waals surface area contributed by atoms with E-state index in [1.807, 2.05) is 32.0 Å². The van der Waals surface area contributed by atoms with Gasteiger partial charge in [0, 0.05) is 10.6 Å². The van der Waals surface area contributed by atoms with Crippen LogP contribution in [0.4, 0.5) is 5.69 Å². The number of para-hydroxylation sites is 1. The van der Waals surface area contributed by atoms with Gasteiger partial charge < -0.3 is 11.1 Å². The molecule has 17 heavy (non-hydrogen) atoms. The zero-order valence-corrected chi connectivity index (χ0v) is 10.8. The van der Waals surface area contributed by atoms with E-state index in [1.54, 1.807) is 0 Å². The number of rotatable bonds is 4. The first-order valence-corrected chi connectivity index (χ1v) is 6.17. The van der Waals surface area contributed by atoms with Crippen LogP contribution in [0.1, 0.15) is 12.5 Å². The third-order valence-electron chi connectivity index (χ3n) is 2.32. The predicted molar refractivity (Wildman–Crippen MR) is 72.8 cm³/mol. The molecule has 0 aliphatic rings. The molecule has 0 heterocycles. The number of hydrogen-bond donors (Lipinski definition) is 2. The second-order valence-corrected chi connectivity index (χ2v) is 5.05. The van der Waals surface area contributed by atoms with Crippen molar-refractivity contribution in [2.75, 3.05) is 12.3 Å². The molecule has 1 amide bonds. The van der Waals surface area contributed by atoms with Crippen LogP contribution in [-0.4, -0.2) is 17.7 Å². The van der Waals surface area contributed by atoms with Gasteiger partial charge in [0.25, 0.3) is 0 Å². The Kier molecular flexibility index (Phi) is 4.92. The lowest BCUT2D eigenvalue weighted by atomic mass is 10.2. The normalized spacial score (nSPS) is 11.6. The number of benzene rings is 1. The minimum Gasteiger partial charge on any atom is -0.398 e. The monoisotopic (exact) mass is 248 g/mol. The van der Waals surface area contributed by atoms with Crippen molar-refractivity contribution < 1.29 is 4.79 Å². The fourth-order valence-electron chi connectivity index (χ4n) is 1.28. The molecule has 90 valence electrons. The Labute approximate surface area is 106 Å². The van der Waals surface area contributed by atoms with E-state index in [-0.39, 0.29) is 17.7 Å². The number of hydrogen-bond acceptors (Lipinski definition) is 3. The predicted octanol–water partition coefficient (Wildman–Crippen LogP) is 1.81. The number of aryl methyl sites for hydroxylation is 1. The van der Waals surface area contributed by atoms with E-state index in [2.05, 4.69) is 11.2 Å². The smallest absolute Gasteiger partial charge is 0.233 e. The third kappa shape index (κ3) is 3.72. The van der Waals surface area contributed by atoms with Gasteiger partial charge in [-0.15, -0.1) is 18.2 Å². The Morgan fingerprint density at radius 1 is 1.65 bits per heavy atom. The summed E-state index contributed by atoms with van der Waals surface area (Å²) in [7, 11) is 0. The number of carbonyl (C=O) groups excluding carboxylic acids is 1. The van der Waals surface area contributed by atoms with Crippen LogP contribution in [-0.2, 0) is 4.79 Å². The summed E-state index contributed by atoms with van der Waals surface area (Å²) in [6.07, 6.45) is 5.08. The number of amides is 1. The summed E-state index contributed by atoms with van der Waals surface area (Å²) < 4.78 is 0. The van der Waals surface area contributed by atoms with Crippen LogP contribution < -0.4 is 11.1 Å². The first-order valence-electron chi connectivity index (χ1n) is 5.29. The highest BCUT2D eigenvalue weighted by Gasteiger charge is 2.15. The van der Waals surface area contributed by atoms with Crippen molar-refractivity contribution in [3.8, 4) is 12.3 Å². The third-order valence-corrected chi connectivity index (χ3v) is 3.50. The van der Waals surface area contributed by atoms with Crippen molar-refractivity contribution in [1.82, 2.24) is 5.32 Å². The molecule has 4 heteroatoms.